The van der Waals surface area contributed by atoms with Crippen molar-refractivity contribution in [2.75, 3.05) is 12.4 Å². The molecule has 64 heavy (non-hydrogen) atoms. The topological polar surface area (TPSA) is 260 Å². The molecule has 23 heteroatoms. The molecule has 2 saturated carbocycles. The fourth-order valence-corrected chi connectivity index (χ4v) is 6.83. The zero-order valence-corrected chi connectivity index (χ0v) is 38.6. The van der Waals surface area contributed by atoms with E-state index in [2.05, 4.69) is 10.1 Å². The second-order valence-corrected chi connectivity index (χ2v) is 16.6. The molecule has 0 bridgehead atoms. The van der Waals surface area contributed by atoms with Crippen molar-refractivity contribution in [2.24, 2.45) is 13.0 Å². The quantitative estimate of drug-likeness (QED) is 0.0988. The first-order chi connectivity index (χ1) is 29.4. The number of carboxylic acids is 2. The number of ether oxygens (including phenoxy) is 1. The number of anilines is 1. The molecule has 7 rings (SSSR count). The number of esters is 2. The van der Waals surface area contributed by atoms with Gasteiger partial charge >= 0.3 is 35.3 Å². The number of aromatic hydroxyl groups is 1. The predicted octanol–water partition coefficient (Wildman–Crippen LogP) is 4.59. The molecule has 2 aliphatic carbocycles. The van der Waals surface area contributed by atoms with Gasteiger partial charge in [-0.3, -0.25) is 47.3 Å². The highest BCUT2D eigenvalue weighted by atomic mass is 127. The van der Waals surface area contributed by atoms with Crippen molar-refractivity contribution >= 4 is 85.9 Å². The van der Waals surface area contributed by atoms with Gasteiger partial charge in [-0.25, -0.2) is 27.5 Å². The maximum atomic E-state index is 14.7. The van der Waals surface area contributed by atoms with Crippen LogP contribution in [0.4, 0.5) is 14.6 Å². The van der Waals surface area contributed by atoms with Crippen molar-refractivity contribution < 1.29 is 48.0 Å². The zero-order valence-electron chi connectivity index (χ0n) is 34.3. The van der Waals surface area contributed by atoms with E-state index in [1.165, 1.54) is 61.2 Å². The number of rotatable bonds is 7. The number of halogens is 4. The van der Waals surface area contributed by atoms with Crippen LogP contribution in [0.25, 0.3) is 22.4 Å². The number of fused-ring (bicyclic) bond motifs is 1. The molecule has 0 radical (unpaired) electrons. The van der Waals surface area contributed by atoms with Gasteiger partial charge in [0.15, 0.2) is 5.92 Å². The third-order valence-corrected chi connectivity index (χ3v) is 10.7. The Morgan fingerprint density at radius 2 is 1.20 bits per heavy atom. The number of nitrogens with one attached hydrogen (secondary N) is 1. The minimum atomic E-state index is -1.31. The number of pyridine rings is 1. The smallest absolute Gasteiger partial charge is 0.337 e. The van der Waals surface area contributed by atoms with Crippen LogP contribution in [-0.4, -0.2) is 69.1 Å². The highest BCUT2D eigenvalue weighted by Crippen LogP contribution is 2.34. The molecule has 0 atom stereocenters. The summed E-state index contributed by atoms with van der Waals surface area (Å²) in [6.07, 6.45) is 2.93. The maximum Gasteiger partial charge on any atom is 0.337 e. The Balaban J connectivity index is 0.000000260. The average molecular weight is 1120 g/mol. The lowest BCUT2D eigenvalue weighted by Crippen LogP contribution is -2.41. The lowest BCUT2D eigenvalue weighted by Gasteiger charge is -2.18. The summed E-state index contributed by atoms with van der Waals surface area (Å²) in [5, 5.41) is 29.1. The Bertz CT molecular complexity index is 2940. The molecule has 0 saturated heterocycles. The van der Waals surface area contributed by atoms with Crippen molar-refractivity contribution in [1.29, 1.82) is 0 Å². The van der Waals surface area contributed by atoms with E-state index in [1.54, 1.807) is 25.2 Å². The molecule has 0 aliphatic heterocycles. The normalized spacial score (nSPS) is 12.6. The molecule has 4 N–H and O–H groups in total. The molecule has 5 aromatic rings. The van der Waals surface area contributed by atoms with Crippen LogP contribution >= 0.6 is 45.2 Å². The molecular formula is C41H44F2I2N6O13. The fourth-order valence-electron chi connectivity index (χ4n) is 5.92. The van der Waals surface area contributed by atoms with Gasteiger partial charge in [-0.05, 0) is 121 Å². The van der Waals surface area contributed by atoms with Crippen LogP contribution < -0.4 is 33.4 Å². The van der Waals surface area contributed by atoms with Gasteiger partial charge in [-0.1, -0.05) is 7.43 Å². The van der Waals surface area contributed by atoms with E-state index in [0.29, 0.717) is 16.4 Å². The number of carboxylic acid groups (broad SMARTS) is 2. The molecule has 0 amide bonds. The van der Waals surface area contributed by atoms with Gasteiger partial charge in [0.05, 0.1) is 16.9 Å². The molecule has 3 heterocycles. The Morgan fingerprint density at radius 1 is 0.766 bits per heavy atom. The summed E-state index contributed by atoms with van der Waals surface area (Å²) >= 11 is 3.95. The zero-order chi connectivity index (χ0) is 47.4. The van der Waals surface area contributed by atoms with Crippen molar-refractivity contribution in [3.05, 3.63) is 119 Å². The lowest BCUT2D eigenvalue weighted by molar-refractivity contribution is -0.157. The van der Waals surface area contributed by atoms with Gasteiger partial charge in [-0.15, -0.1) is 0 Å². The van der Waals surface area contributed by atoms with Crippen molar-refractivity contribution in [3.8, 4) is 17.1 Å². The molecule has 0 unspecified atom stereocenters. The second-order valence-electron chi connectivity index (χ2n) is 14.1. The van der Waals surface area contributed by atoms with Gasteiger partial charge in [0.2, 0.25) is 0 Å². The van der Waals surface area contributed by atoms with Crippen molar-refractivity contribution in [2.45, 2.75) is 72.9 Å². The van der Waals surface area contributed by atoms with Gasteiger partial charge in [0, 0.05) is 53.2 Å². The van der Waals surface area contributed by atoms with E-state index in [-0.39, 0.29) is 58.9 Å². The highest BCUT2D eigenvalue weighted by molar-refractivity contribution is 14.1. The van der Waals surface area contributed by atoms with Crippen LogP contribution in [0.15, 0.2) is 66.4 Å². The summed E-state index contributed by atoms with van der Waals surface area (Å²) in [6, 6.07) is 9.90. The number of carbonyl (C=O) groups excluding carboxylic acids is 2. The highest BCUT2D eigenvalue weighted by Gasteiger charge is 2.32. The third-order valence-electron chi connectivity index (χ3n) is 9.35. The second kappa shape index (κ2) is 21.6. The third kappa shape index (κ3) is 11.8. The predicted molar refractivity (Wildman–Crippen MR) is 247 cm³/mol. The molecule has 2 fully saturated rings. The number of aryl methyl sites for hydroxylation is 1. The molecule has 2 aromatic carbocycles. The number of benzene rings is 2. The van der Waals surface area contributed by atoms with Crippen LogP contribution in [0.2, 0.25) is 0 Å². The summed E-state index contributed by atoms with van der Waals surface area (Å²) < 4.78 is 39.8. The van der Waals surface area contributed by atoms with Gasteiger partial charge in [0.25, 0.3) is 16.7 Å². The fraction of sp³-hybridized carbons (Fsp3) is 0.341. The number of aromatic nitrogens is 5. The summed E-state index contributed by atoms with van der Waals surface area (Å²) in [5.74, 6) is -6.40. The van der Waals surface area contributed by atoms with Gasteiger partial charge in [-0.2, -0.15) is 0 Å². The summed E-state index contributed by atoms with van der Waals surface area (Å²) in [7, 11) is 2.98. The number of hydrogen-bond acceptors (Lipinski definition) is 12. The minimum absolute atomic E-state index is 0. The number of nitrogens with zero attached hydrogens (tertiary/aromatic N) is 5. The standard InChI is InChI=1S/C18H15FIN3O4.C14H13FIN3O2.C4H6O4.C4H6O3.CH4/c1-8-14(24)13-15(21(2)16(8)25)23(12-6-3-9(20)7-11(12)19)18(27)22(17(13)26)10-4-5-10;1-17-12-7-13(20)18(9-3-4-9)14(21)19(12)11-5-2-8(16)6-10(11)15;1-2(3(5)6)4(7)8;1-3(5)7-4(2)6;/h3,6-7,10,24H,4-5H2,1-2H3;2,5-7,9,17H,3-4H2,1H3;2H,1H3,(H,5,6)(H,7,8);1-2H3;1H4. The summed E-state index contributed by atoms with van der Waals surface area (Å²) in [4.78, 5) is 102. The molecule has 2 aliphatic rings. The van der Waals surface area contributed by atoms with E-state index in [0.717, 1.165) is 37.0 Å². The van der Waals surface area contributed by atoms with Crippen LogP contribution in [0.5, 0.6) is 5.75 Å². The summed E-state index contributed by atoms with van der Waals surface area (Å²) in [5.41, 5.74) is -2.90. The van der Waals surface area contributed by atoms with E-state index >= 15 is 0 Å². The molecule has 344 valence electrons. The Kier molecular flexibility index (Phi) is 17.7. The monoisotopic (exact) mass is 1120 g/mol. The Labute approximate surface area is 388 Å². The van der Waals surface area contributed by atoms with Crippen molar-refractivity contribution in [1.82, 2.24) is 22.8 Å². The molecular weight excluding hydrogens is 1080 g/mol. The van der Waals surface area contributed by atoms with Crippen molar-refractivity contribution in [3.63, 3.8) is 0 Å². The molecule has 3 aromatic heterocycles. The summed E-state index contributed by atoms with van der Waals surface area (Å²) in [6.45, 7) is 4.88. The first kappa shape index (κ1) is 52.4. The van der Waals surface area contributed by atoms with Gasteiger partial charge in [0.1, 0.15) is 34.2 Å². The van der Waals surface area contributed by atoms with Crippen LogP contribution in [0, 0.1) is 31.6 Å². The van der Waals surface area contributed by atoms with E-state index < -0.39 is 69.7 Å². The van der Waals surface area contributed by atoms with E-state index in [1.807, 2.05) is 45.2 Å². The lowest BCUT2D eigenvalue weighted by atomic mass is 10.2. The van der Waals surface area contributed by atoms with E-state index in [9.17, 15) is 57.0 Å². The number of aliphatic carboxylic acids is 2. The van der Waals surface area contributed by atoms with Crippen LogP contribution in [-0.2, 0) is 31.0 Å². The Hall–Kier alpha value is -5.99. The van der Waals surface area contributed by atoms with Crippen LogP contribution in [0.1, 0.15) is 71.5 Å². The largest absolute Gasteiger partial charge is 0.506 e. The maximum absolute atomic E-state index is 14.7. The van der Waals surface area contributed by atoms with Crippen LogP contribution in [0.3, 0.4) is 0 Å². The Morgan fingerprint density at radius 3 is 1.58 bits per heavy atom. The number of carbonyl (C=O) groups is 4. The van der Waals surface area contributed by atoms with Gasteiger partial charge < -0.3 is 25.4 Å². The average Bonchev–Trinajstić information content (AvgIpc) is 4.14. The minimum Gasteiger partial charge on any atom is -0.506 e. The molecule has 0 spiro atoms. The first-order valence-corrected chi connectivity index (χ1v) is 20.8. The SMILES string of the molecule is C.CC(=O)OC(C)=O.CC(C(=O)O)C(=O)O.CNc1cc(=O)n(C2CC2)c(=O)n1-c1ccc(I)cc1F.Cc1c(O)c2c(=O)n(C3CC3)c(=O)n(-c3ccc(I)cc3F)c2n(C)c1=O. The first-order valence-electron chi connectivity index (χ1n) is 18.7. The number of hydrogen-bond donors (Lipinski definition) is 4. The van der Waals surface area contributed by atoms with E-state index in [4.69, 9.17) is 10.2 Å². The molecule has 19 nitrogen and oxygen atoms in total.